The van der Waals surface area contributed by atoms with E-state index in [1.165, 1.54) is 28.8 Å². The first-order valence-electron chi connectivity index (χ1n) is 11.8. The van der Waals surface area contributed by atoms with E-state index in [2.05, 4.69) is 10.3 Å². The molecule has 0 saturated heterocycles. The third-order valence-corrected chi connectivity index (χ3v) is 7.03. The molecule has 5 rings (SSSR count). The van der Waals surface area contributed by atoms with Gasteiger partial charge in [0.05, 0.1) is 17.0 Å². The average molecular weight is 514 g/mol. The number of nitrogens with one attached hydrogen (secondary N) is 1. The maximum absolute atomic E-state index is 13.4. The van der Waals surface area contributed by atoms with E-state index >= 15 is 0 Å². The van der Waals surface area contributed by atoms with E-state index in [1.54, 1.807) is 12.1 Å². The molecule has 1 N–H and O–H groups in total. The van der Waals surface area contributed by atoms with Crippen molar-refractivity contribution in [2.45, 2.75) is 24.6 Å². The molecule has 2 heterocycles. The molecule has 10 heteroatoms. The molecule has 0 saturated carbocycles. The van der Waals surface area contributed by atoms with Crippen LogP contribution in [0, 0.1) is 10.1 Å². The van der Waals surface area contributed by atoms with Gasteiger partial charge in [-0.15, -0.1) is 0 Å². The third-order valence-electron chi connectivity index (χ3n) is 6.02. The molecule has 0 fully saturated rings. The zero-order valence-electron chi connectivity index (χ0n) is 19.7. The van der Waals surface area contributed by atoms with Crippen molar-refractivity contribution in [3.63, 3.8) is 0 Å². The van der Waals surface area contributed by atoms with Crippen molar-refractivity contribution in [1.82, 2.24) is 10.2 Å². The van der Waals surface area contributed by atoms with Gasteiger partial charge >= 0.3 is 0 Å². The van der Waals surface area contributed by atoms with Crippen LogP contribution >= 0.6 is 11.8 Å². The van der Waals surface area contributed by atoms with Crippen LogP contribution in [0.15, 0.2) is 88.8 Å². The molecule has 0 unspecified atom stereocenters. The van der Waals surface area contributed by atoms with Gasteiger partial charge < -0.3 is 5.32 Å². The fourth-order valence-corrected chi connectivity index (χ4v) is 5.09. The van der Waals surface area contributed by atoms with Crippen LogP contribution in [0.3, 0.4) is 0 Å². The van der Waals surface area contributed by atoms with Gasteiger partial charge in [0.1, 0.15) is 11.9 Å². The highest BCUT2D eigenvalue weighted by atomic mass is 32.2. The zero-order chi connectivity index (χ0) is 25.8. The Hall–Kier alpha value is -4.31. The van der Waals surface area contributed by atoms with Gasteiger partial charge in [0.25, 0.3) is 11.6 Å². The van der Waals surface area contributed by atoms with Crippen LogP contribution < -0.4 is 5.32 Å². The molecule has 0 spiro atoms. The molecule has 186 valence electrons. The Balaban J connectivity index is 1.28. The maximum atomic E-state index is 13.4. The van der Waals surface area contributed by atoms with Gasteiger partial charge in [-0.05, 0) is 29.7 Å². The molecular weight excluding hydrogens is 490 g/mol. The number of hydrogen-bond acceptors (Lipinski definition) is 7. The number of non-ortho nitro benzene ring substituents is 1. The lowest BCUT2D eigenvalue weighted by Gasteiger charge is -2.25. The summed E-state index contributed by atoms with van der Waals surface area (Å²) < 4.78 is 0. The van der Waals surface area contributed by atoms with Gasteiger partial charge in [-0.2, -0.15) is 0 Å². The first-order chi connectivity index (χ1) is 18.0. The summed E-state index contributed by atoms with van der Waals surface area (Å²) >= 11 is 1.34. The molecule has 0 aliphatic carbocycles. The van der Waals surface area contributed by atoms with E-state index in [0.717, 1.165) is 16.7 Å². The molecule has 3 aromatic rings. The van der Waals surface area contributed by atoms with Crippen molar-refractivity contribution >= 4 is 46.0 Å². The number of nitro benzene ring substituents is 1. The van der Waals surface area contributed by atoms with Gasteiger partial charge in [0.15, 0.2) is 5.17 Å². The van der Waals surface area contributed by atoms with Crippen LogP contribution in [-0.4, -0.2) is 45.2 Å². The van der Waals surface area contributed by atoms with Gasteiger partial charge in [-0.1, -0.05) is 66.4 Å². The molecule has 9 nitrogen and oxygen atoms in total. The molecular formula is C27H23N5O4S. The number of amides is 2. The Morgan fingerprint density at radius 3 is 2.49 bits per heavy atom. The highest BCUT2D eigenvalue weighted by Gasteiger charge is 2.42. The number of para-hydroxylation sites is 1. The number of nitrogens with zero attached hydrogens (tertiary/aromatic N) is 4. The van der Waals surface area contributed by atoms with Crippen LogP contribution in [0.1, 0.15) is 23.1 Å². The molecule has 2 amide bonds. The van der Waals surface area contributed by atoms with Crippen LogP contribution in [0.2, 0.25) is 0 Å². The minimum absolute atomic E-state index is 0.0201. The first-order valence-corrected chi connectivity index (χ1v) is 12.7. The minimum atomic E-state index is -0.831. The van der Waals surface area contributed by atoms with Gasteiger partial charge in [0.2, 0.25) is 5.91 Å². The predicted octanol–water partition coefficient (Wildman–Crippen LogP) is 4.24. The van der Waals surface area contributed by atoms with Gasteiger partial charge in [-0.3, -0.25) is 24.7 Å². The monoisotopic (exact) mass is 513 g/mol. The number of aliphatic imine (C=N–C) groups is 2. The number of thioether (sulfide) groups is 1. The Kier molecular flexibility index (Phi) is 7.09. The predicted molar refractivity (Wildman–Crippen MR) is 143 cm³/mol. The average Bonchev–Trinajstić information content (AvgIpc) is 3.24. The first kappa shape index (κ1) is 24.4. The second kappa shape index (κ2) is 10.8. The molecule has 2 aliphatic heterocycles. The minimum Gasteiger partial charge on any atom is -0.356 e. The maximum Gasteiger partial charge on any atom is 0.269 e. The fourth-order valence-electron chi connectivity index (χ4n) is 4.13. The molecule has 37 heavy (non-hydrogen) atoms. The highest BCUT2D eigenvalue weighted by Crippen LogP contribution is 2.35. The van der Waals surface area contributed by atoms with Crippen molar-refractivity contribution in [2.24, 2.45) is 9.98 Å². The highest BCUT2D eigenvalue weighted by molar-refractivity contribution is 8.13. The molecule has 2 aliphatic rings. The van der Waals surface area contributed by atoms with Crippen LogP contribution in [-0.2, 0) is 21.8 Å². The lowest BCUT2D eigenvalue weighted by Crippen LogP contribution is -2.42. The van der Waals surface area contributed by atoms with Crippen molar-refractivity contribution in [3.05, 3.63) is 106 Å². The summed E-state index contributed by atoms with van der Waals surface area (Å²) in [7, 11) is 0. The van der Waals surface area contributed by atoms with E-state index < -0.39 is 11.0 Å². The smallest absolute Gasteiger partial charge is 0.269 e. The Morgan fingerprint density at radius 1 is 1.00 bits per heavy atom. The van der Waals surface area contributed by atoms with E-state index in [9.17, 15) is 19.7 Å². The summed E-state index contributed by atoms with van der Waals surface area (Å²) in [4.78, 5) is 47.3. The number of carbonyl (C=O) groups excluding carboxylic acids is 2. The normalized spacial score (nSPS) is 15.9. The Labute approximate surface area is 217 Å². The number of hydrogen-bond donors (Lipinski definition) is 1. The molecule has 3 aromatic carbocycles. The number of benzene rings is 3. The van der Waals surface area contributed by atoms with Crippen LogP contribution in [0.5, 0.6) is 0 Å². The lowest BCUT2D eigenvalue weighted by atomic mass is 10.1. The molecule has 0 bridgehead atoms. The molecule has 0 radical (unpaired) electrons. The summed E-state index contributed by atoms with van der Waals surface area (Å²) in [6.45, 7) is 0.477. The summed E-state index contributed by atoms with van der Waals surface area (Å²) in [5.41, 5.74) is 3.44. The largest absolute Gasteiger partial charge is 0.356 e. The molecule has 1 atom stereocenters. The van der Waals surface area contributed by atoms with Gasteiger partial charge in [0, 0.05) is 30.0 Å². The standard InChI is InChI=1S/C27H23N5O4S/c33-24(28-15-14-18-6-2-1-3-7-18)16-23-26(34)31-25(29-23)21-8-4-5-9-22(21)30-27(31)37-17-19-10-12-20(13-11-19)32(35)36/h1-13,23H,14-17H2,(H,28,33)/t23-/m1/s1. The zero-order valence-corrected chi connectivity index (χ0v) is 20.6. The summed E-state index contributed by atoms with van der Waals surface area (Å²) in [5.74, 6) is 0.422. The van der Waals surface area contributed by atoms with Crippen molar-refractivity contribution in [3.8, 4) is 0 Å². The fraction of sp³-hybridized carbons (Fsp3) is 0.185. The second-order valence-corrected chi connectivity index (χ2v) is 9.50. The van der Waals surface area contributed by atoms with E-state index in [4.69, 9.17) is 4.99 Å². The molecule has 0 aromatic heterocycles. The SMILES string of the molecule is O=C(C[C@H]1N=C2c3ccccc3N=C(SCc3ccc([N+](=O)[O-])cc3)N2C1=O)NCCc1ccccc1. The number of amidine groups is 2. The van der Waals surface area contributed by atoms with Crippen molar-refractivity contribution < 1.29 is 14.5 Å². The summed E-state index contributed by atoms with van der Waals surface area (Å²) in [6, 6.07) is 22.8. The number of carbonyl (C=O) groups is 2. The number of rotatable bonds is 8. The van der Waals surface area contributed by atoms with E-state index in [0.29, 0.717) is 35.4 Å². The summed E-state index contributed by atoms with van der Waals surface area (Å²) in [6.07, 6.45) is 0.658. The quantitative estimate of drug-likeness (QED) is 0.357. The Bertz CT molecular complexity index is 1410. The second-order valence-electron chi connectivity index (χ2n) is 8.56. The van der Waals surface area contributed by atoms with E-state index in [-0.39, 0.29) is 23.9 Å². The Morgan fingerprint density at radius 2 is 1.73 bits per heavy atom. The summed E-state index contributed by atoms with van der Waals surface area (Å²) in [5, 5.41) is 14.3. The lowest BCUT2D eigenvalue weighted by molar-refractivity contribution is -0.384. The van der Waals surface area contributed by atoms with Crippen LogP contribution in [0.4, 0.5) is 11.4 Å². The van der Waals surface area contributed by atoms with Crippen LogP contribution in [0.25, 0.3) is 0 Å². The topological polar surface area (TPSA) is 117 Å². The van der Waals surface area contributed by atoms with Crippen molar-refractivity contribution in [2.75, 3.05) is 6.54 Å². The number of nitro groups is 1. The van der Waals surface area contributed by atoms with Crippen molar-refractivity contribution in [1.29, 1.82) is 0 Å². The van der Waals surface area contributed by atoms with Gasteiger partial charge in [-0.25, -0.2) is 9.89 Å². The van der Waals surface area contributed by atoms with E-state index in [1.807, 2.05) is 54.6 Å². The third kappa shape index (κ3) is 5.44. The number of fused-ring (bicyclic) bond motifs is 3.